The van der Waals surface area contributed by atoms with Crippen LogP contribution in [0.1, 0.15) is 11.1 Å². The topological polar surface area (TPSA) is 72.9 Å². The fourth-order valence-electron chi connectivity index (χ4n) is 2.28. The number of hydrogen-bond acceptors (Lipinski definition) is 4. The van der Waals surface area contributed by atoms with Crippen molar-refractivity contribution in [1.29, 1.82) is 0 Å². The molecule has 0 atom stereocenters. The molecule has 0 unspecified atom stereocenters. The van der Waals surface area contributed by atoms with Gasteiger partial charge in [-0.2, -0.15) is 0 Å². The van der Waals surface area contributed by atoms with Crippen LogP contribution in [0.2, 0.25) is 0 Å². The van der Waals surface area contributed by atoms with E-state index in [0.29, 0.717) is 0 Å². The van der Waals surface area contributed by atoms with Gasteiger partial charge in [0.2, 0.25) is 5.91 Å². The van der Waals surface area contributed by atoms with E-state index in [2.05, 4.69) is 4.90 Å². The molecule has 1 fully saturated rings. The van der Waals surface area contributed by atoms with Crippen molar-refractivity contribution in [2.24, 2.45) is 0 Å². The molecule has 23 heavy (non-hydrogen) atoms. The molecular weight excluding hydrogens is 294 g/mol. The Hall–Kier alpha value is -2.44. The second kappa shape index (κ2) is 8.26. The molecule has 122 valence electrons. The maximum Gasteiger partial charge on any atom is 0.267 e. The lowest BCUT2D eigenvalue weighted by molar-refractivity contribution is -0.127. The SMILES string of the molecule is CN1CCN(C(=O)C=Cc2cccc(C=CC(=O)NO)c2)CC1. The van der Waals surface area contributed by atoms with Gasteiger partial charge in [0.05, 0.1) is 0 Å². The summed E-state index contributed by atoms with van der Waals surface area (Å²) in [4.78, 5) is 27.1. The molecule has 1 saturated heterocycles. The maximum atomic E-state index is 12.1. The molecule has 2 amide bonds. The molecule has 1 aliphatic heterocycles. The zero-order chi connectivity index (χ0) is 16.7. The van der Waals surface area contributed by atoms with Crippen molar-refractivity contribution in [2.45, 2.75) is 0 Å². The van der Waals surface area contributed by atoms with E-state index in [1.54, 1.807) is 18.2 Å². The Bertz CT molecular complexity index is 617. The first kappa shape index (κ1) is 16.9. The molecule has 0 spiro atoms. The van der Waals surface area contributed by atoms with Gasteiger partial charge in [-0.25, -0.2) is 5.48 Å². The first-order valence-corrected chi connectivity index (χ1v) is 7.46. The van der Waals surface area contributed by atoms with Crippen LogP contribution in [0.5, 0.6) is 0 Å². The van der Waals surface area contributed by atoms with E-state index in [0.717, 1.165) is 37.3 Å². The predicted octanol–water partition coefficient (Wildman–Crippen LogP) is 0.992. The van der Waals surface area contributed by atoms with Gasteiger partial charge in [0.25, 0.3) is 5.91 Å². The standard InChI is InChI=1S/C17H21N3O3/c1-19-9-11-20(12-10-19)17(22)8-6-15-4-2-3-14(13-15)5-7-16(21)18-23/h2-8,13,23H,9-12H2,1H3,(H,18,21). The first-order chi connectivity index (χ1) is 11.1. The van der Waals surface area contributed by atoms with Crippen LogP contribution < -0.4 is 5.48 Å². The van der Waals surface area contributed by atoms with Gasteiger partial charge in [-0.3, -0.25) is 14.8 Å². The molecular formula is C17H21N3O3. The minimum absolute atomic E-state index is 0.0127. The molecule has 0 aliphatic carbocycles. The monoisotopic (exact) mass is 315 g/mol. The molecule has 0 bridgehead atoms. The lowest BCUT2D eigenvalue weighted by atomic mass is 10.1. The van der Waals surface area contributed by atoms with Crippen molar-refractivity contribution in [3.63, 3.8) is 0 Å². The van der Waals surface area contributed by atoms with E-state index >= 15 is 0 Å². The van der Waals surface area contributed by atoms with Crippen molar-refractivity contribution in [2.75, 3.05) is 33.2 Å². The summed E-state index contributed by atoms with van der Waals surface area (Å²) in [5, 5.41) is 8.45. The summed E-state index contributed by atoms with van der Waals surface area (Å²) in [6, 6.07) is 7.42. The highest BCUT2D eigenvalue weighted by atomic mass is 16.5. The number of carbonyl (C=O) groups is 2. The third-order valence-electron chi connectivity index (χ3n) is 3.68. The smallest absolute Gasteiger partial charge is 0.267 e. The number of hydroxylamine groups is 1. The second-order valence-corrected chi connectivity index (χ2v) is 5.44. The summed E-state index contributed by atoms with van der Waals surface area (Å²) in [6.07, 6.45) is 6.17. The van der Waals surface area contributed by atoms with Crippen molar-refractivity contribution in [3.8, 4) is 0 Å². The first-order valence-electron chi connectivity index (χ1n) is 7.46. The van der Waals surface area contributed by atoms with Crippen LogP contribution in [0, 0.1) is 0 Å². The number of piperazine rings is 1. The van der Waals surface area contributed by atoms with E-state index in [4.69, 9.17) is 5.21 Å². The maximum absolute atomic E-state index is 12.1. The summed E-state index contributed by atoms with van der Waals surface area (Å²) in [5.41, 5.74) is 3.22. The van der Waals surface area contributed by atoms with Gasteiger partial charge in [0.15, 0.2) is 0 Å². The Morgan fingerprint density at radius 1 is 1.09 bits per heavy atom. The fraction of sp³-hybridized carbons (Fsp3) is 0.294. The van der Waals surface area contributed by atoms with E-state index in [-0.39, 0.29) is 5.91 Å². The quantitative estimate of drug-likeness (QED) is 0.494. The van der Waals surface area contributed by atoms with Crippen LogP contribution in [0.15, 0.2) is 36.4 Å². The minimum atomic E-state index is -0.587. The number of carbonyl (C=O) groups excluding carboxylic acids is 2. The van der Waals surface area contributed by atoms with Gasteiger partial charge >= 0.3 is 0 Å². The van der Waals surface area contributed by atoms with E-state index in [1.807, 2.05) is 36.2 Å². The van der Waals surface area contributed by atoms with Gasteiger partial charge in [-0.15, -0.1) is 0 Å². The van der Waals surface area contributed by atoms with Gasteiger partial charge in [-0.05, 0) is 36.4 Å². The molecule has 2 rings (SSSR count). The number of amides is 2. The second-order valence-electron chi connectivity index (χ2n) is 5.44. The van der Waals surface area contributed by atoms with E-state index in [1.165, 1.54) is 11.6 Å². The largest absolute Gasteiger partial charge is 0.337 e. The summed E-state index contributed by atoms with van der Waals surface area (Å²) in [7, 11) is 2.05. The van der Waals surface area contributed by atoms with Crippen LogP contribution in [0.3, 0.4) is 0 Å². The predicted molar refractivity (Wildman–Crippen MR) is 88.5 cm³/mol. The van der Waals surface area contributed by atoms with Crippen LogP contribution >= 0.6 is 0 Å². The number of nitrogens with zero attached hydrogens (tertiary/aromatic N) is 2. The average molecular weight is 315 g/mol. The Balaban J connectivity index is 1.98. The van der Waals surface area contributed by atoms with Crippen molar-refractivity contribution >= 4 is 24.0 Å². The Labute approximate surface area is 135 Å². The summed E-state index contributed by atoms with van der Waals surface area (Å²) in [6.45, 7) is 3.29. The minimum Gasteiger partial charge on any atom is -0.337 e. The lowest BCUT2D eigenvalue weighted by Gasteiger charge is -2.31. The number of hydrogen-bond donors (Lipinski definition) is 2. The Kier molecular flexibility index (Phi) is 6.08. The summed E-state index contributed by atoms with van der Waals surface area (Å²) >= 11 is 0. The lowest BCUT2D eigenvalue weighted by Crippen LogP contribution is -2.46. The summed E-state index contributed by atoms with van der Waals surface area (Å²) < 4.78 is 0. The zero-order valence-electron chi connectivity index (χ0n) is 13.1. The van der Waals surface area contributed by atoms with Crippen molar-refractivity contribution in [3.05, 3.63) is 47.5 Å². The normalized spacial score (nSPS) is 16.2. The van der Waals surface area contributed by atoms with Crippen LogP contribution in [-0.2, 0) is 9.59 Å². The number of nitrogens with one attached hydrogen (secondary N) is 1. The highest BCUT2D eigenvalue weighted by molar-refractivity contribution is 5.92. The summed E-state index contributed by atoms with van der Waals surface area (Å²) in [5.74, 6) is -0.574. The van der Waals surface area contributed by atoms with Crippen LogP contribution in [0.25, 0.3) is 12.2 Å². The molecule has 0 saturated carbocycles. The molecule has 1 heterocycles. The molecule has 1 aromatic carbocycles. The van der Waals surface area contributed by atoms with Crippen molar-refractivity contribution < 1.29 is 14.8 Å². The molecule has 1 aromatic rings. The van der Waals surface area contributed by atoms with Gasteiger partial charge in [-0.1, -0.05) is 18.2 Å². The Morgan fingerprint density at radius 3 is 2.30 bits per heavy atom. The molecule has 2 N–H and O–H groups in total. The Morgan fingerprint density at radius 2 is 1.70 bits per heavy atom. The van der Waals surface area contributed by atoms with Gasteiger partial charge < -0.3 is 9.80 Å². The van der Waals surface area contributed by atoms with Crippen LogP contribution in [0.4, 0.5) is 0 Å². The molecule has 0 radical (unpaired) electrons. The van der Waals surface area contributed by atoms with Gasteiger partial charge in [0.1, 0.15) is 0 Å². The van der Waals surface area contributed by atoms with Crippen LogP contribution in [-0.4, -0.2) is 60.0 Å². The van der Waals surface area contributed by atoms with E-state index in [9.17, 15) is 9.59 Å². The number of benzene rings is 1. The number of rotatable bonds is 4. The zero-order valence-corrected chi connectivity index (χ0v) is 13.1. The molecule has 6 heteroatoms. The highest BCUT2D eigenvalue weighted by Gasteiger charge is 2.16. The number of likely N-dealkylation sites (N-methyl/N-ethyl adjacent to an activating group) is 1. The fourth-order valence-corrected chi connectivity index (χ4v) is 2.28. The molecule has 1 aliphatic rings. The average Bonchev–Trinajstić information content (AvgIpc) is 2.58. The van der Waals surface area contributed by atoms with E-state index < -0.39 is 5.91 Å². The third kappa shape index (κ3) is 5.36. The molecule has 0 aromatic heterocycles. The third-order valence-corrected chi connectivity index (χ3v) is 3.68. The highest BCUT2D eigenvalue weighted by Crippen LogP contribution is 2.10. The van der Waals surface area contributed by atoms with Gasteiger partial charge in [0, 0.05) is 38.3 Å². The van der Waals surface area contributed by atoms with Crippen molar-refractivity contribution in [1.82, 2.24) is 15.3 Å². The molecule has 6 nitrogen and oxygen atoms in total.